The summed E-state index contributed by atoms with van der Waals surface area (Å²) in [5.74, 6) is 0. The molecule has 1 fully saturated rings. The summed E-state index contributed by atoms with van der Waals surface area (Å²) in [6, 6.07) is 0. The lowest BCUT2D eigenvalue weighted by Crippen LogP contribution is -2.12. The first kappa shape index (κ1) is 11.6. The molecule has 0 aromatic carbocycles. The van der Waals surface area contributed by atoms with Crippen molar-refractivity contribution in [2.75, 3.05) is 5.33 Å². The number of hydrogen-bond donors (Lipinski definition) is 0. The van der Waals surface area contributed by atoms with Crippen molar-refractivity contribution in [2.45, 2.75) is 39.7 Å². The number of halogens is 2. The van der Waals surface area contributed by atoms with Gasteiger partial charge in [0, 0.05) is 11.9 Å². The number of aromatic nitrogens is 2. The van der Waals surface area contributed by atoms with Crippen molar-refractivity contribution in [3.8, 4) is 0 Å². The number of aryl methyl sites for hydroxylation is 2. The molecule has 84 valence electrons. The van der Waals surface area contributed by atoms with E-state index in [1.165, 1.54) is 23.0 Å². The van der Waals surface area contributed by atoms with Crippen molar-refractivity contribution in [1.82, 2.24) is 9.78 Å². The zero-order chi connectivity index (χ0) is 11.1. The van der Waals surface area contributed by atoms with Gasteiger partial charge in [-0.05, 0) is 54.5 Å². The summed E-state index contributed by atoms with van der Waals surface area (Å²) >= 11 is 7.28. The molecule has 0 aliphatic heterocycles. The van der Waals surface area contributed by atoms with Crippen LogP contribution in [0.5, 0.6) is 0 Å². The Hall–Kier alpha value is 0.170. The second-order valence-electron chi connectivity index (χ2n) is 4.47. The molecule has 0 radical (unpaired) electrons. The predicted molar refractivity (Wildman–Crippen MR) is 69.5 cm³/mol. The molecule has 0 unspecified atom stereocenters. The Morgan fingerprint density at radius 3 is 2.60 bits per heavy atom. The van der Waals surface area contributed by atoms with E-state index in [-0.39, 0.29) is 0 Å². The highest BCUT2D eigenvalue weighted by Crippen LogP contribution is 2.50. The maximum atomic E-state index is 4.53. The van der Waals surface area contributed by atoms with Crippen molar-refractivity contribution in [2.24, 2.45) is 5.41 Å². The number of alkyl halides is 1. The first-order valence-electron chi connectivity index (χ1n) is 5.39. The van der Waals surface area contributed by atoms with Crippen molar-refractivity contribution in [3.63, 3.8) is 0 Å². The van der Waals surface area contributed by atoms with Crippen LogP contribution in [0.4, 0.5) is 0 Å². The van der Waals surface area contributed by atoms with Gasteiger partial charge in [0.15, 0.2) is 0 Å². The largest absolute Gasteiger partial charge is 0.268 e. The van der Waals surface area contributed by atoms with Crippen LogP contribution in [0.2, 0.25) is 0 Å². The number of rotatable bonds is 4. The van der Waals surface area contributed by atoms with Crippen LogP contribution < -0.4 is 0 Å². The van der Waals surface area contributed by atoms with Gasteiger partial charge in [0.25, 0.3) is 0 Å². The van der Waals surface area contributed by atoms with Crippen molar-refractivity contribution < 1.29 is 0 Å². The molecule has 0 spiro atoms. The fraction of sp³-hybridized carbons (Fsp3) is 0.727. The molecule has 1 aliphatic rings. The Morgan fingerprint density at radius 1 is 1.47 bits per heavy atom. The van der Waals surface area contributed by atoms with E-state index in [0.717, 1.165) is 24.0 Å². The van der Waals surface area contributed by atoms with Crippen LogP contribution in [0.1, 0.15) is 31.2 Å². The van der Waals surface area contributed by atoms with Crippen molar-refractivity contribution >= 4 is 31.9 Å². The molecule has 0 bridgehead atoms. The van der Waals surface area contributed by atoms with E-state index in [1.807, 2.05) is 0 Å². The second-order valence-corrected chi connectivity index (χ2v) is 5.83. The highest BCUT2D eigenvalue weighted by atomic mass is 79.9. The van der Waals surface area contributed by atoms with E-state index in [1.54, 1.807) is 0 Å². The zero-order valence-electron chi connectivity index (χ0n) is 9.19. The molecule has 1 aromatic rings. The van der Waals surface area contributed by atoms with Gasteiger partial charge in [-0.2, -0.15) is 5.10 Å². The molecule has 0 saturated heterocycles. The molecule has 0 amide bonds. The van der Waals surface area contributed by atoms with Gasteiger partial charge in [0.2, 0.25) is 0 Å². The highest BCUT2D eigenvalue weighted by molar-refractivity contribution is 9.10. The summed E-state index contributed by atoms with van der Waals surface area (Å²) in [6.45, 7) is 5.17. The summed E-state index contributed by atoms with van der Waals surface area (Å²) in [5.41, 5.74) is 2.99. The fourth-order valence-corrected chi connectivity index (χ4v) is 3.11. The molecule has 1 saturated carbocycles. The van der Waals surface area contributed by atoms with Crippen molar-refractivity contribution in [1.29, 1.82) is 0 Å². The first-order valence-corrected chi connectivity index (χ1v) is 7.31. The molecule has 1 aliphatic carbocycles. The molecule has 1 heterocycles. The van der Waals surface area contributed by atoms with Crippen LogP contribution in [-0.4, -0.2) is 15.1 Å². The molecule has 1 aromatic heterocycles. The molecule has 4 heteroatoms. The Kier molecular flexibility index (Phi) is 3.27. The third kappa shape index (κ3) is 2.16. The highest BCUT2D eigenvalue weighted by Gasteiger charge is 2.42. The lowest BCUT2D eigenvalue weighted by Gasteiger charge is -2.12. The van der Waals surface area contributed by atoms with Gasteiger partial charge in [-0.3, -0.25) is 4.68 Å². The molecule has 0 N–H and O–H groups in total. The maximum absolute atomic E-state index is 4.53. The summed E-state index contributed by atoms with van der Waals surface area (Å²) in [6.07, 6.45) is 3.84. The second kappa shape index (κ2) is 4.21. The van der Waals surface area contributed by atoms with Gasteiger partial charge in [-0.25, -0.2) is 0 Å². The van der Waals surface area contributed by atoms with E-state index in [9.17, 15) is 0 Å². The average molecular weight is 336 g/mol. The molecule has 0 atom stereocenters. The molecule has 2 rings (SSSR count). The van der Waals surface area contributed by atoms with E-state index >= 15 is 0 Å². The standard InChI is InChI=1S/C11H16Br2N2/c1-3-15-9(10(13)8(2)14-15)6-11(7-12)4-5-11/h3-7H2,1-2H3. The van der Waals surface area contributed by atoms with Crippen LogP contribution in [0.15, 0.2) is 4.47 Å². The van der Waals surface area contributed by atoms with Gasteiger partial charge >= 0.3 is 0 Å². The van der Waals surface area contributed by atoms with Gasteiger partial charge < -0.3 is 0 Å². The number of nitrogens with zero attached hydrogens (tertiary/aromatic N) is 2. The van der Waals surface area contributed by atoms with Gasteiger partial charge in [0.1, 0.15) is 0 Å². The van der Waals surface area contributed by atoms with Gasteiger partial charge in [-0.15, -0.1) is 0 Å². The van der Waals surface area contributed by atoms with Crippen LogP contribution in [0.25, 0.3) is 0 Å². The minimum Gasteiger partial charge on any atom is -0.268 e. The molecule has 15 heavy (non-hydrogen) atoms. The zero-order valence-corrected chi connectivity index (χ0v) is 12.4. The lowest BCUT2D eigenvalue weighted by molar-refractivity contribution is 0.527. The Balaban J connectivity index is 2.26. The Bertz CT molecular complexity index is 367. The van der Waals surface area contributed by atoms with Gasteiger partial charge in [0.05, 0.1) is 15.9 Å². The normalized spacial score (nSPS) is 18.1. The monoisotopic (exact) mass is 334 g/mol. The summed E-state index contributed by atoms with van der Waals surface area (Å²) in [5, 5.41) is 5.64. The van der Waals surface area contributed by atoms with E-state index in [0.29, 0.717) is 5.41 Å². The Morgan fingerprint density at radius 2 is 2.13 bits per heavy atom. The SMILES string of the molecule is CCn1nc(C)c(Br)c1CC1(CBr)CC1. The van der Waals surface area contributed by atoms with E-state index < -0.39 is 0 Å². The number of hydrogen-bond acceptors (Lipinski definition) is 1. The maximum Gasteiger partial charge on any atom is 0.0738 e. The van der Waals surface area contributed by atoms with Crippen LogP contribution in [0, 0.1) is 12.3 Å². The molecular formula is C11H16Br2N2. The summed E-state index contributed by atoms with van der Waals surface area (Å²) < 4.78 is 3.33. The third-order valence-corrected chi connectivity index (χ3v) is 5.46. The smallest absolute Gasteiger partial charge is 0.0738 e. The average Bonchev–Trinajstić information content (AvgIpc) is 2.97. The third-order valence-electron chi connectivity index (χ3n) is 3.24. The van der Waals surface area contributed by atoms with Crippen molar-refractivity contribution in [3.05, 3.63) is 15.9 Å². The molecule has 2 nitrogen and oxygen atoms in total. The summed E-state index contributed by atoms with van der Waals surface area (Å²) in [4.78, 5) is 0. The fourth-order valence-electron chi connectivity index (χ4n) is 1.93. The first-order chi connectivity index (χ1) is 7.12. The minimum atomic E-state index is 0.516. The van der Waals surface area contributed by atoms with Gasteiger partial charge in [-0.1, -0.05) is 15.9 Å². The molecular weight excluding hydrogens is 320 g/mol. The summed E-state index contributed by atoms with van der Waals surface area (Å²) in [7, 11) is 0. The van der Waals surface area contributed by atoms with Crippen LogP contribution >= 0.6 is 31.9 Å². The lowest BCUT2D eigenvalue weighted by atomic mass is 10.0. The quantitative estimate of drug-likeness (QED) is 0.767. The topological polar surface area (TPSA) is 17.8 Å². The predicted octanol–water partition coefficient (Wildman–Crippen LogP) is 3.69. The Labute approximate surface area is 108 Å². The van der Waals surface area contributed by atoms with Crippen LogP contribution in [-0.2, 0) is 13.0 Å². The van der Waals surface area contributed by atoms with Crippen LogP contribution in [0.3, 0.4) is 0 Å². The van der Waals surface area contributed by atoms with E-state index in [4.69, 9.17) is 0 Å². The van der Waals surface area contributed by atoms with E-state index in [2.05, 4.69) is 55.5 Å². The minimum absolute atomic E-state index is 0.516.